The van der Waals surface area contributed by atoms with Crippen molar-refractivity contribution in [3.8, 4) is 0 Å². The van der Waals surface area contributed by atoms with Crippen LogP contribution in [0.15, 0.2) is 24.3 Å². The summed E-state index contributed by atoms with van der Waals surface area (Å²) in [6.45, 7) is 14.0. The molecule has 1 fully saturated rings. The zero-order chi connectivity index (χ0) is 32.2. The molecule has 2 aromatic rings. The van der Waals surface area contributed by atoms with E-state index in [2.05, 4.69) is 31.2 Å². The van der Waals surface area contributed by atoms with E-state index in [1.807, 2.05) is 12.1 Å². The number of rotatable bonds is 10. The summed E-state index contributed by atoms with van der Waals surface area (Å²) < 4.78 is 0. The Morgan fingerprint density at radius 2 is 1.72 bits per heavy atom. The summed E-state index contributed by atoms with van der Waals surface area (Å²) in [6, 6.07) is 7.38. The van der Waals surface area contributed by atoms with Gasteiger partial charge in [-0.2, -0.15) is 0 Å². The third-order valence-electron chi connectivity index (χ3n) is 7.05. The minimum absolute atomic E-state index is 0.0175. The summed E-state index contributed by atoms with van der Waals surface area (Å²) in [4.78, 5) is 56.8. The van der Waals surface area contributed by atoms with Crippen LogP contribution in [0, 0.1) is 5.41 Å². The second-order valence-electron chi connectivity index (χ2n) is 12.6. The van der Waals surface area contributed by atoms with Gasteiger partial charge in [0.1, 0.15) is 0 Å². The molecule has 4 amide bonds. The van der Waals surface area contributed by atoms with Gasteiger partial charge in [-0.1, -0.05) is 32.9 Å². The van der Waals surface area contributed by atoms with Gasteiger partial charge in [0, 0.05) is 48.1 Å². The zero-order valence-corrected chi connectivity index (χ0v) is 26.6. The fraction of sp³-hybridized carbons (Fsp3) is 0.552. The summed E-state index contributed by atoms with van der Waals surface area (Å²) >= 11 is 1.41. The molecule has 3 rings (SSSR count). The van der Waals surface area contributed by atoms with E-state index in [0.29, 0.717) is 43.3 Å². The molecule has 236 valence electrons. The summed E-state index contributed by atoms with van der Waals surface area (Å²) in [7, 11) is 0. The quantitative estimate of drug-likeness (QED) is 0.215. The van der Waals surface area contributed by atoms with E-state index in [1.165, 1.54) is 18.3 Å². The first-order valence-electron chi connectivity index (χ1n) is 14.1. The molecule has 0 radical (unpaired) electrons. The van der Waals surface area contributed by atoms with Crippen LogP contribution >= 0.6 is 11.3 Å². The molecule has 1 aliphatic heterocycles. The molecule has 1 saturated heterocycles. The molecule has 0 saturated carbocycles. The number of piperazine rings is 1. The number of aryl methyl sites for hydroxylation is 2. The van der Waals surface area contributed by atoms with Crippen LogP contribution in [0.4, 0.5) is 20.4 Å². The normalized spacial score (nSPS) is 15.7. The number of carboxylic acid groups (broad SMARTS) is 2. The van der Waals surface area contributed by atoms with Gasteiger partial charge in [0.15, 0.2) is 5.13 Å². The van der Waals surface area contributed by atoms with Gasteiger partial charge in [0.25, 0.3) is 0 Å². The Labute approximate surface area is 256 Å². The third kappa shape index (κ3) is 8.57. The monoisotopic (exact) mass is 617 g/mol. The van der Waals surface area contributed by atoms with Crippen LogP contribution in [0.2, 0.25) is 0 Å². The second-order valence-corrected chi connectivity index (χ2v) is 13.7. The van der Waals surface area contributed by atoms with Crippen molar-refractivity contribution in [1.82, 2.24) is 25.4 Å². The molecule has 1 aromatic carbocycles. The van der Waals surface area contributed by atoms with Crippen LogP contribution in [0.5, 0.6) is 0 Å². The average Bonchev–Trinajstić information content (AvgIpc) is 3.21. The molecule has 13 nitrogen and oxygen atoms in total. The lowest BCUT2D eigenvalue weighted by atomic mass is 9.82. The summed E-state index contributed by atoms with van der Waals surface area (Å²) in [5, 5.41) is 31.8. The molecule has 1 aliphatic rings. The molecule has 1 atom stereocenters. The van der Waals surface area contributed by atoms with Gasteiger partial charge in [0.2, 0.25) is 17.6 Å². The molecule has 6 N–H and O–H groups in total. The van der Waals surface area contributed by atoms with Crippen LogP contribution in [0.1, 0.15) is 64.6 Å². The number of carbonyl (C=O) groups excluding carboxylic acids is 2. The number of benzene rings is 1. The SMILES string of the molecule is CC(=O)Nc1nc(CCc2ccc(NC(NC(=O)O)(N(C(=O)O)C(C)(C)C)C(C)(C)C)cc2)c(CN2CCNC(=O)C2)s1. The van der Waals surface area contributed by atoms with Crippen molar-refractivity contribution < 1.29 is 29.4 Å². The Balaban J connectivity index is 1.84. The molecule has 2 heterocycles. The first-order valence-corrected chi connectivity index (χ1v) is 14.9. The Kier molecular flexibility index (Phi) is 10.3. The topological polar surface area (TPSA) is 176 Å². The first kappa shape index (κ1) is 33.6. The van der Waals surface area contributed by atoms with Crippen LogP contribution in [-0.4, -0.2) is 80.0 Å². The lowest BCUT2D eigenvalue weighted by Gasteiger charge is -2.55. The maximum Gasteiger partial charge on any atom is 0.411 e. The zero-order valence-electron chi connectivity index (χ0n) is 25.8. The van der Waals surface area contributed by atoms with E-state index >= 15 is 0 Å². The van der Waals surface area contributed by atoms with Crippen molar-refractivity contribution in [2.45, 2.75) is 79.2 Å². The van der Waals surface area contributed by atoms with Crippen LogP contribution in [-0.2, 0) is 29.0 Å². The van der Waals surface area contributed by atoms with E-state index in [4.69, 9.17) is 0 Å². The second kappa shape index (κ2) is 13.2. The molecule has 0 spiro atoms. The molecule has 1 unspecified atom stereocenters. The van der Waals surface area contributed by atoms with Gasteiger partial charge in [-0.25, -0.2) is 14.6 Å². The summed E-state index contributed by atoms with van der Waals surface area (Å²) in [5.41, 5.74) is 0.516. The Bertz CT molecular complexity index is 1330. The number of carbonyl (C=O) groups is 4. The molecule has 1 aromatic heterocycles. The number of aromatic nitrogens is 1. The highest BCUT2D eigenvalue weighted by atomic mass is 32.1. The maximum atomic E-state index is 12.5. The number of anilines is 2. The molecular weight excluding hydrogens is 574 g/mol. The highest BCUT2D eigenvalue weighted by Gasteiger charge is 2.54. The lowest BCUT2D eigenvalue weighted by molar-refractivity contribution is -0.124. The number of hydrogen-bond donors (Lipinski definition) is 6. The van der Waals surface area contributed by atoms with E-state index in [0.717, 1.165) is 27.6 Å². The van der Waals surface area contributed by atoms with Gasteiger partial charge in [-0.05, 0) is 51.3 Å². The number of nitrogens with one attached hydrogen (secondary N) is 4. The van der Waals surface area contributed by atoms with E-state index in [1.54, 1.807) is 53.7 Å². The predicted octanol–water partition coefficient (Wildman–Crippen LogP) is 3.98. The predicted molar refractivity (Wildman–Crippen MR) is 165 cm³/mol. The fourth-order valence-electron chi connectivity index (χ4n) is 5.10. The number of nitrogens with zero attached hydrogens (tertiary/aromatic N) is 3. The average molecular weight is 618 g/mol. The molecular formula is C29H43N7O6S. The van der Waals surface area contributed by atoms with Gasteiger partial charge in [0.05, 0.1) is 12.2 Å². The van der Waals surface area contributed by atoms with Crippen LogP contribution in [0.3, 0.4) is 0 Å². The standard InChI is InChI=1S/C29H43N7O6S/c1-18(37)31-24-32-21(22(43-24)16-35-15-14-30-23(38)17-35)13-10-19-8-11-20(12-9-19)33-29(27(2,3)4,34-25(39)40)36(26(41)42)28(5,6)7/h8-9,11-12,33-34H,10,13-17H2,1-7H3,(H,30,38)(H,39,40)(H,41,42)(H,31,32,37). The number of hydrogen-bond acceptors (Lipinski definition) is 8. The summed E-state index contributed by atoms with van der Waals surface area (Å²) in [6.07, 6.45) is -1.40. The molecule has 0 aliphatic carbocycles. The Morgan fingerprint density at radius 1 is 1.07 bits per heavy atom. The van der Waals surface area contributed by atoms with E-state index in [9.17, 15) is 29.4 Å². The molecule has 43 heavy (non-hydrogen) atoms. The van der Waals surface area contributed by atoms with Crippen molar-refractivity contribution in [2.75, 3.05) is 30.3 Å². The van der Waals surface area contributed by atoms with Gasteiger partial charge >= 0.3 is 12.2 Å². The first-order chi connectivity index (χ1) is 19.9. The van der Waals surface area contributed by atoms with Crippen molar-refractivity contribution in [3.63, 3.8) is 0 Å². The Morgan fingerprint density at radius 3 is 2.23 bits per heavy atom. The highest BCUT2D eigenvalue weighted by molar-refractivity contribution is 7.15. The minimum Gasteiger partial charge on any atom is -0.465 e. The molecule has 14 heteroatoms. The number of amides is 4. The lowest BCUT2D eigenvalue weighted by Crippen LogP contribution is -2.76. The van der Waals surface area contributed by atoms with Gasteiger partial charge in [-0.3, -0.25) is 24.7 Å². The van der Waals surface area contributed by atoms with Gasteiger partial charge < -0.3 is 26.2 Å². The van der Waals surface area contributed by atoms with Gasteiger partial charge in [-0.15, -0.1) is 11.3 Å². The third-order valence-corrected chi connectivity index (χ3v) is 8.04. The van der Waals surface area contributed by atoms with E-state index < -0.39 is 28.9 Å². The summed E-state index contributed by atoms with van der Waals surface area (Å²) in [5.74, 6) is -1.93. The van der Waals surface area contributed by atoms with E-state index in [-0.39, 0.29) is 11.8 Å². The largest absolute Gasteiger partial charge is 0.465 e. The van der Waals surface area contributed by atoms with Crippen molar-refractivity contribution in [1.29, 1.82) is 0 Å². The van der Waals surface area contributed by atoms with Crippen LogP contribution in [0.25, 0.3) is 0 Å². The fourth-order valence-corrected chi connectivity index (χ4v) is 6.20. The minimum atomic E-state index is -1.70. The smallest absolute Gasteiger partial charge is 0.411 e. The number of thiazole rings is 1. The maximum absolute atomic E-state index is 12.5. The van der Waals surface area contributed by atoms with Crippen molar-refractivity contribution in [3.05, 3.63) is 40.4 Å². The highest BCUT2D eigenvalue weighted by Crippen LogP contribution is 2.39. The van der Waals surface area contributed by atoms with Crippen molar-refractivity contribution >= 4 is 46.2 Å². The van der Waals surface area contributed by atoms with Crippen molar-refractivity contribution in [2.24, 2.45) is 5.41 Å². The Hall–Kier alpha value is -3.91. The van der Waals surface area contributed by atoms with Crippen LogP contribution < -0.4 is 21.3 Å². The molecule has 0 bridgehead atoms.